The summed E-state index contributed by atoms with van der Waals surface area (Å²) in [6, 6.07) is 8.47. The van der Waals surface area contributed by atoms with Crippen molar-refractivity contribution in [2.45, 2.75) is 30.6 Å². The monoisotopic (exact) mass is 235 g/mol. The third kappa shape index (κ3) is 4.75. The van der Waals surface area contributed by atoms with Crippen LogP contribution in [0.25, 0.3) is 0 Å². The molecule has 0 aliphatic rings. The molecule has 0 bridgehead atoms. The lowest BCUT2D eigenvalue weighted by Crippen LogP contribution is -2.02. The largest absolute Gasteiger partial charge is 0.384 e. The summed E-state index contributed by atoms with van der Waals surface area (Å²) in [5.74, 6) is 0. The highest BCUT2D eigenvalue weighted by atomic mass is 32.2. The van der Waals surface area contributed by atoms with Crippen LogP contribution in [0.5, 0.6) is 0 Å². The molecule has 0 unspecified atom stereocenters. The second-order valence-electron chi connectivity index (χ2n) is 3.77. The van der Waals surface area contributed by atoms with Crippen LogP contribution in [0.1, 0.15) is 25.7 Å². The minimum atomic E-state index is 1.06. The van der Waals surface area contributed by atoms with Gasteiger partial charge >= 0.3 is 0 Å². The van der Waals surface area contributed by atoms with Crippen LogP contribution in [0, 0.1) is 0 Å². The fraction of sp³-hybridized carbons (Fsp3) is 0.429. The number of para-hydroxylation sites is 1. The Morgan fingerprint density at radius 2 is 2.06 bits per heavy atom. The van der Waals surface area contributed by atoms with Gasteiger partial charge in [0, 0.05) is 17.1 Å². The molecule has 1 rings (SSSR count). The lowest BCUT2D eigenvalue weighted by molar-refractivity contribution is 0.708. The molecule has 2 heteroatoms. The Morgan fingerprint density at radius 1 is 1.25 bits per heavy atom. The fourth-order valence-corrected chi connectivity index (χ4v) is 2.18. The summed E-state index contributed by atoms with van der Waals surface area (Å²) < 4.78 is 0. The lowest BCUT2D eigenvalue weighted by atomic mass is 10.2. The average Bonchev–Trinajstić information content (AvgIpc) is 2.34. The van der Waals surface area contributed by atoms with Gasteiger partial charge in [-0.1, -0.05) is 24.6 Å². The maximum Gasteiger partial charge on any atom is 0.0478 e. The highest BCUT2D eigenvalue weighted by Gasteiger charge is 1.98. The Balaban J connectivity index is 2.23. The fourth-order valence-electron chi connectivity index (χ4n) is 1.60. The molecule has 88 valence electrons. The van der Waals surface area contributed by atoms with E-state index in [4.69, 9.17) is 0 Å². The van der Waals surface area contributed by atoms with Gasteiger partial charge in [0.25, 0.3) is 0 Å². The summed E-state index contributed by atoms with van der Waals surface area (Å²) in [6.45, 7) is 4.79. The molecule has 1 aromatic rings. The molecule has 16 heavy (non-hydrogen) atoms. The number of benzene rings is 1. The Morgan fingerprint density at radius 3 is 2.81 bits per heavy atom. The molecule has 1 N–H and O–H groups in total. The molecule has 1 aromatic carbocycles. The average molecular weight is 235 g/mol. The van der Waals surface area contributed by atoms with Gasteiger partial charge in [-0.15, -0.1) is 18.3 Å². The quantitative estimate of drug-likeness (QED) is 0.402. The summed E-state index contributed by atoms with van der Waals surface area (Å²) in [6.07, 6.45) is 9.02. The number of hydrogen-bond donors (Lipinski definition) is 1. The van der Waals surface area contributed by atoms with Crippen molar-refractivity contribution in [1.29, 1.82) is 0 Å². The van der Waals surface area contributed by atoms with E-state index < -0.39 is 0 Å². The van der Waals surface area contributed by atoms with Crippen LogP contribution in [0.4, 0.5) is 5.69 Å². The Hall–Kier alpha value is -0.890. The maximum atomic E-state index is 3.73. The molecule has 0 amide bonds. The van der Waals surface area contributed by atoms with E-state index >= 15 is 0 Å². The van der Waals surface area contributed by atoms with Crippen LogP contribution >= 0.6 is 11.8 Å². The predicted molar refractivity (Wildman–Crippen MR) is 75.4 cm³/mol. The molecule has 0 saturated heterocycles. The first-order valence-electron chi connectivity index (χ1n) is 5.86. The van der Waals surface area contributed by atoms with E-state index in [2.05, 4.69) is 42.4 Å². The molecular formula is C14H21NS. The highest BCUT2D eigenvalue weighted by Crippen LogP contribution is 2.24. The molecule has 0 fully saturated rings. The van der Waals surface area contributed by atoms with Gasteiger partial charge in [-0.2, -0.15) is 0 Å². The zero-order valence-corrected chi connectivity index (χ0v) is 10.9. The van der Waals surface area contributed by atoms with Crippen LogP contribution in [0.15, 0.2) is 41.8 Å². The van der Waals surface area contributed by atoms with Crippen LogP contribution in [0.2, 0.25) is 0 Å². The van der Waals surface area contributed by atoms with Gasteiger partial charge in [-0.05, 0) is 37.7 Å². The first kappa shape index (κ1) is 13.2. The Bertz CT molecular complexity index is 309. The summed E-state index contributed by atoms with van der Waals surface area (Å²) in [5.41, 5.74) is 1.26. The summed E-state index contributed by atoms with van der Waals surface area (Å²) >= 11 is 1.79. The maximum absolute atomic E-state index is 3.73. The smallest absolute Gasteiger partial charge is 0.0478 e. The van der Waals surface area contributed by atoms with Crippen LogP contribution < -0.4 is 5.32 Å². The zero-order chi connectivity index (χ0) is 11.6. The molecule has 0 spiro atoms. The number of rotatable bonds is 8. The van der Waals surface area contributed by atoms with Crippen molar-refractivity contribution in [2.24, 2.45) is 0 Å². The number of nitrogens with one attached hydrogen (secondary N) is 1. The molecule has 0 aliphatic carbocycles. The third-order valence-electron chi connectivity index (χ3n) is 2.51. The van der Waals surface area contributed by atoms with Crippen LogP contribution in [0.3, 0.4) is 0 Å². The first-order chi connectivity index (χ1) is 7.88. The number of unbranched alkanes of at least 4 members (excludes halogenated alkanes) is 3. The summed E-state index contributed by atoms with van der Waals surface area (Å²) in [5, 5.41) is 3.49. The topological polar surface area (TPSA) is 12.0 Å². The van der Waals surface area contributed by atoms with Crippen molar-refractivity contribution in [3.63, 3.8) is 0 Å². The summed E-state index contributed by atoms with van der Waals surface area (Å²) in [4.78, 5) is 1.33. The van der Waals surface area contributed by atoms with Crippen molar-refractivity contribution < 1.29 is 0 Å². The number of anilines is 1. The third-order valence-corrected chi connectivity index (χ3v) is 3.30. The van der Waals surface area contributed by atoms with Gasteiger partial charge in [0.15, 0.2) is 0 Å². The van der Waals surface area contributed by atoms with E-state index in [0.717, 1.165) is 13.0 Å². The van der Waals surface area contributed by atoms with Gasteiger partial charge in [-0.3, -0.25) is 0 Å². The number of allylic oxidation sites excluding steroid dienone is 1. The second-order valence-corrected chi connectivity index (χ2v) is 4.61. The van der Waals surface area contributed by atoms with E-state index in [1.165, 1.54) is 29.8 Å². The van der Waals surface area contributed by atoms with Gasteiger partial charge in [0.05, 0.1) is 0 Å². The van der Waals surface area contributed by atoms with E-state index in [1.54, 1.807) is 11.8 Å². The van der Waals surface area contributed by atoms with Crippen LogP contribution in [-0.2, 0) is 0 Å². The Labute approximate surface area is 103 Å². The van der Waals surface area contributed by atoms with Gasteiger partial charge < -0.3 is 5.32 Å². The molecule has 0 aromatic heterocycles. The van der Waals surface area contributed by atoms with E-state index in [-0.39, 0.29) is 0 Å². The van der Waals surface area contributed by atoms with E-state index in [0.29, 0.717) is 0 Å². The van der Waals surface area contributed by atoms with Crippen molar-refractivity contribution in [1.82, 2.24) is 0 Å². The minimum absolute atomic E-state index is 1.06. The SMILES string of the molecule is C=CCCCCCNc1ccccc1SC. The van der Waals surface area contributed by atoms with Gasteiger partial charge in [-0.25, -0.2) is 0 Å². The number of hydrogen-bond acceptors (Lipinski definition) is 2. The zero-order valence-electron chi connectivity index (χ0n) is 10.0. The van der Waals surface area contributed by atoms with Crippen molar-refractivity contribution in [3.8, 4) is 0 Å². The van der Waals surface area contributed by atoms with Gasteiger partial charge in [0.2, 0.25) is 0 Å². The number of thioether (sulfide) groups is 1. The highest BCUT2D eigenvalue weighted by molar-refractivity contribution is 7.98. The molecule has 1 nitrogen and oxygen atoms in total. The molecule has 0 atom stereocenters. The van der Waals surface area contributed by atoms with E-state index in [9.17, 15) is 0 Å². The summed E-state index contributed by atoms with van der Waals surface area (Å²) in [7, 11) is 0. The normalized spacial score (nSPS) is 10.1. The van der Waals surface area contributed by atoms with E-state index in [1.807, 2.05) is 6.08 Å². The minimum Gasteiger partial charge on any atom is -0.384 e. The molecule has 0 radical (unpaired) electrons. The first-order valence-corrected chi connectivity index (χ1v) is 7.08. The molecule has 0 saturated carbocycles. The second kappa shape index (κ2) is 8.28. The van der Waals surface area contributed by atoms with Crippen molar-refractivity contribution in [3.05, 3.63) is 36.9 Å². The van der Waals surface area contributed by atoms with Crippen molar-refractivity contribution >= 4 is 17.4 Å². The lowest BCUT2D eigenvalue weighted by Gasteiger charge is -2.09. The standard InChI is InChI=1S/C14H21NS/c1-3-4-5-6-9-12-15-13-10-7-8-11-14(13)16-2/h3,7-8,10-11,15H,1,4-6,9,12H2,2H3. The molecular weight excluding hydrogens is 214 g/mol. The van der Waals surface area contributed by atoms with Gasteiger partial charge in [0.1, 0.15) is 0 Å². The van der Waals surface area contributed by atoms with Crippen LogP contribution in [-0.4, -0.2) is 12.8 Å². The molecule has 0 heterocycles. The Kier molecular flexibility index (Phi) is 6.82. The molecule has 0 aliphatic heterocycles. The predicted octanol–water partition coefficient (Wildman–Crippen LogP) is 4.57. The van der Waals surface area contributed by atoms with Crippen molar-refractivity contribution in [2.75, 3.05) is 18.1 Å².